The Morgan fingerprint density at radius 1 is 1.19 bits per heavy atom. The van der Waals surface area contributed by atoms with Crippen molar-refractivity contribution in [3.63, 3.8) is 0 Å². The van der Waals surface area contributed by atoms with Gasteiger partial charge in [-0.3, -0.25) is 14.9 Å². The largest absolute Gasteiger partial charge is 0.468 e. The highest BCUT2D eigenvalue weighted by Crippen LogP contribution is 2.29. The predicted molar refractivity (Wildman–Crippen MR) is 78.4 cm³/mol. The lowest BCUT2D eigenvalue weighted by Crippen LogP contribution is -2.15. The molecule has 0 saturated heterocycles. The minimum Gasteiger partial charge on any atom is -0.468 e. The molecule has 0 aliphatic carbocycles. The van der Waals surface area contributed by atoms with Gasteiger partial charge in [-0.15, -0.1) is 0 Å². The van der Waals surface area contributed by atoms with Gasteiger partial charge in [0.2, 0.25) is 0 Å². The summed E-state index contributed by atoms with van der Waals surface area (Å²) in [4.78, 5) is 22.4. The van der Waals surface area contributed by atoms with E-state index in [1.54, 1.807) is 30.3 Å². The average Bonchev–Trinajstić information content (AvgIpc) is 2.47. The number of methoxy groups -OCH3 is 1. The fraction of sp³-hybridized carbons (Fsp3) is 0.133. The van der Waals surface area contributed by atoms with E-state index in [4.69, 9.17) is 16.3 Å². The smallest absolute Gasteiger partial charge is 0.317 e. The standard InChI is InChI=1S/C15H12ClNO4/c1-21-15(18)14(10-4-2-6-12(16)8-10)11-5-3-7-13(9-11)17(19)20/h2-9,14H,1H3. The van der Waals surface area contributed by atoms with Gasteiger partial charge in [-0.25, -0.2) is 0 Å². The number of ether oxygens (including phenoxy) is 1. The van der Waals surface area contributed by atoms with E-state index in [-0.39, 0.29) is 5.69 Å². The van der Waals surface area contributed by atoms with Crippen molar-refractivity contribution in [2.75, 3.05) is 7.11 Å². The fourth-order valence-electron chi connectivity index (χ4n) is 2.09. The first-order chi connectivity index (χ1) is 10.0. The Labute approximate surface area is 126 Å². The van der Waals surface area contributed by atoms with Gasteiger partial charge in [0, 0.05) is 17.2 Å². The summed E-state index contributed by atoms with van der Waals surface area (Å²) in [7, 11) is 1.28. The van der Waals surface area contributed by atoms with Crippen molar-refractivity contribution in [2.45, 2.75) is 5.92 Å². The van der Waals surface area contributed by atoms with Crippen molar-refractivity contribution in [3.05, 3.63) is 74.8 Å². The van der Waals surface area contributed by atoms with Crippen LogP contribution in [0, 0.1) is 10.1 Å². The number of carbonyl (C=O) groups is 1. The van der Waals surface area contributed by atoms with Crippen molar-refractivity contribution in [1.82, 2.24) is 0 Å². The van der Waals surface area contributed by atoms with E-state index in [0.29, 0.717) is 16.1 Å². The van der Waals surface area contributed by atoms with Crippen molar-refractivity contribution in [1.29, 1.82) is 0 Å². The summed E-state index contributed by atoms with van der Waals surface area (Å²) in [5.41, 5.74) is 1.02. The summed E-state index contributed by atoms with van der Waals surface area (Å²) >= 11 is 5.95. The van der Waals surface area contributed by atoms with Gasteiger partial charge in [-0.2, -0.15) is 0 Å². The molecule has 0 amide bonds. The first kappa shape index (κ1) is 15.0. The van der Waals surface area contributed by atoms with Gasteiger partial charge in [0.15, 0.2) is 0 Å². The van der Waals surface area contributed by atoms with E-state index in [1.807, 2.05) is 0 Å². The van der Waals surface area contributed by atoms with Crippen LogP contribution in [0.5, 0.6) is 0 Å². The quantitative estimate of drug-likeness (QED) is 0.492. The SMILES string of the molecule is COC(=O)C(c1cccc(Cl)c1)c1cccc([N+](=O)[O-])c1. The van der Waals surface area contributed by atoms with Crippen LogP contribution in [0.15, 0.2) is 48.5 Å². The number of esters is 1. The lowest BCUT2D eigenvalue weighted by Gasteiger charge is -2.15. The Bertz CT molecular complexity index is 687. The molecule has 6 heteroatoms. The summed E-state index contributed by atoms with van der Waals surface area (Å²) in [5.74, 6) is -1.26. The number of nitro groups is 1. The van der Waals surface area contributed by atoms with Gasteiger partial charge in [0.05, 0.1) is 12.0 Å². The Hall–Kier alpha value is -2.40. The molecular weight excluding hydrogens is 294 g/mol. The summed E-state index contributed by atoms with van der Waals surface area (Å²) in [6.45, 7) is 0. The zero-order valence-electron chi connectivity index (χ0n) is 11.2. The Morgan fingerprint density at radius 3 is 2.38 bits per heavy atom. The van der Waals surface area contributed by atoms with Gasteiger partial charge in [-0.05, 0) is 23.3 Å². The van der Waals surface area contributed by atoms with Crippen LogP contribution in [0.3, 0.4) is 0 Å². The van der Waals surface area contributed by atoms with Gasteiger partial charge in [-0.1, -0.05) is 35.9 Å². The highest BCUT2D eigenvalue weighted by Gasteiger charge is 2.25. The molecule has 0 fully saturated rings. The van der Waals surface area contributed by atoms with Crippen LogP contribution in [-0.2, 0) is 9.53 Å². The molecular formula is C15H12ClNO4. The third kappa shape index (κ3) is 3.38. The summed E-state index contributed by atoms with van der Waals surface area (Å²) in [6, 6.07) is 12.7. The predicted octanol–water partition coefficient (Wildman–Crippen LogP) is 3.55. The third-order valence-electron chi connectivity index (χ3n) is 3.03. The number of halogens is 1. The molecule has 2 rings (SSSR count). The molecule has 1 atom stereocenters. The Morgan fingerprint density at radius 2 is 1.81 bits per heavy atom. The number of benzene rings is 2. The van der Waals surface area contributed by atoms with Crippen LogP contribution in [-0.4, -0.2) is 18.0 Å². The molecule has 2 aromatic carbocycles. The van der Waals surface area contributed by atoms with Crippen molar-refractivity contribution < 1.29 is 14.5 Å². The molecule has 0 aliphatic rings. The maximum Gasteiger partial charge on any atom is 0.317 e. The fourth-order valence-corrected chi connectivity index (χ4v) is 2.29. The van der Waals surface area contributed by atoms with Crippen LogP contribution < -0.4 is 0 Å². The minimum absolute atomic E-state index is 0.0802. The lowest BCUT2D eigenvalue weighted by atomic mass is 9.91. The van der Waals surface area contributed by atoms with Crippen molar-refractivity contribution in [3.8, 4) is 0 Å². The van der Waals surface area contributed by atoms with Gasteiger partial charge >= 0.3 is 5.97 Å². The second-order valence-corrected chi connectivity index (χ2v) is 4.80. The van der Waals surface area contributed by atoms with E-state index >= 15 is 0 Å². The molecule has 0 aromatic heterocycles. The first-order valence-corrected chi connectivity index (χ1v) is 6.48. The molecule has 0 aliphatic heterocycles. The van der Waals surface area contributed by atoms with Gasteiger partial charge in [0.1, 0.15) is 5.92 Å². The molecule has 1 unspecified atom stereocenters. The molecule has 108 valence electrons. The lowest BCUT2D eigenvalue weighted by molar-refractivity contribution is -0.384. The molecule has 0 heterocycles. The summed E-state index contributed by atoms with van der Waals surface area (Å²) in [6.07, 6.45) is 0. The Kier molecular flexibility index (Phi) is 4.55. The first-order valence-electron chi connectivity index (χ1n) is 6.10. The number of carbonyl (C=O) groups excluding carboxylic acids is 1. The topological polar surface area (TPSA) is 69.4 Å². The van der Waals surface area contributed by atoms with E-state index in [1.165, 1.54) is 25.3 Å². The number of hydrogen-bond acceptors (Lipinski definition) is 4. The van der Waals surface area contributed by atoms with E-state index in [0.717, 1.165) is 0 Å². The maximum absolute atomic E-state index is 12.1. The molecule has 0 N–H and O–H groups in total. The number of nitro benzene ring substituents is 1. The second-order valence-electron chi connectivity index (χ2n) is 4.36. The molecule has 5 nitrogen and oxygen atoms in total. The zero-order chi connectivity index (χ0) is 15.4. The molecule has 21 heavy (non-hydrogen) atoms. The van der Waals surface area contributed by atoms with Crippen LogP contribution in [0.25, 0.3) is 0 Å². The maximum atomic E-state index is 12.1. The minimum atomic E-state index is -0.756. The van der Waals surface area contributed by atoms with Crippen molar-refractivity contribution in [2.24, 2.45) is 0 Å². The zero-order valence-corrected chi connectivity index (χ0v) is 11.9. The number of non-ortho nitro benzene ring substituents is 1. The van der Waals surface area contributed by atoms with Gasteiger partial charge in [0.25, 0.3) is 5.69 Å². The second kappa shape index (κ2) is 6.37. The Balaban J connectivity index is 2.53. The highest BCUT2D eigenvalue weighted by molar-refractivity contribution is 6.30. The van der Waals surface area contributed by atoms with Crippen LogP contribution in [0.2, 0.25) is 5.02 Å². The van der Waals surface area contributed by atoms with E-state index in [2.05, 4.69) is 0 Å². The highest BCUT2D eigenvalue weighted by atomic mass is 35.5. The third-order valence-corrected chi connectivity index (χ3v) is 3.27. The average molecular weight is 306 g/mol. The molecule has 0 bridgehead atoms. The number of hydrogen-bond donors (Lipinski definition) is 0. The molecule has 2 aromatic rings. The van der Waals surface area contributed by atoms with Crippen LogP contribution >= 0.6 is 11.6 Å². The van der Waals surface area contributed by atoms with E-state index < -0.39 is 16.8 Å². The van der Waals surface area contributed by atoms with Gasteiger partial charge < -0.3 is 4.74 Å². The van der Waals surface area contributed by atoms with Crippen LogP contribution in [0.1, 0.15) is 17.0 Å². The summed E-state index contributed by atoms with van der Waals surface area (Å²) < 4.78 is 4.81. The monoisotopic (exact) mass is 305 g/mol. The molecule has 0 saturated carbocycles. The molecule has 0 radical (unpaired) electrons. The summed E-state index contributed by atoms with van der Waals surface area (Å²) in [5, 5.41) is 11.4. The number of rotatable bonds is 4. The molecule has 0 spiro atoms. The van der Waals surface area contributed by atoms with Crippen molar-refractivity contribution >= 4 is 23.3 Å². The normalized spacial score (nSPS) is 11.7. The van der Waals surface area contributed by atoms with E-state index in [9.17, 15) is 14.9 Å². The van der Waals surface area contributed by atoms with Crippen LogP contribution in [0.4, 0.5) is 5.69 Å². The number of nitrogens with zero attached hydrogens (tertiary/aromatic N) is 1.